The number of alkyl halides is 6. The molecule has 1 aromatic heterocycles. The molecule has 0 spiro atoms. The van der Waals surface area contributed by atoms with Gasteiger partial charge in [0.25, 0.3) is 0 Å². The van der Waals surface area contributed by atoms with Gasteiger partial charge in [-0.05, 0) is 66.7 Å². The number of halogens is 7. The quantitative estimate of drug-likeness (QED) is 0.316. The molecule has 0 aliphatic heterocycles. The number of hydrogen-bond acceptors (Lipinski definition) is 4. The second-order valence-corrected chi connectivity index (χ2v) is 9.61. The van der Waals surface area contributed by atoms with E-state index >= 15 is 0 Å². The van der Waals surface area contributed by atoms with Crippen molar-refractivity contribution in [2.75, 3.05) is 20.6 Å². The summed E-state index contributed by atoms with van der Waals surface area (Å²) in [5.41, 5.74) is -2.30. The zero-order valence-electron chi connectivity index (χ0n) is 19.9. The van der Waals surface area contributed by atoms with E-state index in [0.717, 1.165) is 15.6 Å². The van der Waals surface area contributed by atoms with Crippen LogP contribution in [-0.2, 0) is 34.8 Å². The Morgan fingerprint density at radius 1 is 0.973 bits per heavy atom. The highest BCUT2D eigenvalue weighted by Crippen LogP contribution is 2.36. The third-order valence-corrected chi connectivity index (χ3v) is 6.49. The average molecular weight is 567 g/mol. The van der Waals surface area contributed by atoms with Crippen molar-refractivity contribution in [3.63, 3.8) is 0 Å². The molecule has 0 radical (unpaired) electrons. The van der Waals surface area contributed by atoms with Gasteiger partial charge in [-0.2, -0.15) is 26.3 Å². The number of rotatable bonds is 9. The van der Waals surface area contributed by atoms with Crippen LogP contribution in [0.1, 0.15) is 28.7 Å². The van der Waals surface area contributed by atoms with Crippen molar-refractivity contribution in [1.29, 1.82) is 0 Å². The van der Waals surface area contributed by atoms with Gasteiger partial charge in [0, 0.05) is 17.5 Å². The monoisotopic (exact) mass is 566 g/mol. The van der Waals surface area contributed by atoms with Crippen LogP contribution in [0.25, 0.3) is 10.1 Å². The SMILES string of the molecule is CN(C)CC(=O)NC(Cc1csc2ccccc12)C(=O)CCc1cc(C(F)(F)F)cc(C(F)(F)F)c1.Cl. The molecule has 1 unspecified atom stereocenters. The highest BCUT2D eigenvalue weighted by molar-refractivity contribution is 7.17. The number of amides is 1. The molecule has 3 aromatic rings. The summed E-state index contributed by atoms with van der Waals surface area (Å²) in [5.74, 6) is -0.903. The second-order valence-electron chi connectivity index (χ2n) is 8.70. The van der Waals surface area contributed by atoms with Crippen LogP contribution in [-0.4, -0.2) is 43.3 Å². The third-order valence-electron chi connectivity index (χ3n) is 5.48. The molecule has 37 heavy (non-hydrogen) atoms. The predicted octanol–water partition coefficient (Wildman–Crippen LogP) is 6.15. The van der Waals surface area contributed by atoms with Crippen LogP contribution in [0, 0.1) is 0 Å². The minimum absolute atomic E-state index is 0. The van der Waals surface area contributed by atoms with Gasteiger partial charge >= 0.3 is 12.4 Å². The number of ketones is 1. The van der Waals surface area contributed by atoms with E-state index in [9.17, 15) is 35.9 Å². The number of carbonyl (C=O) groups is 2. The highest BCUT2D eigenvalue weighted by atomic mass is 35.5. The average Bonchev–Trinajstić information content (AvgIpc) is 3.18. The molecule has 2 aromatic carbocycles. The molecule has 202 valence electrons. The van der Waals surface area contributed by atoms with Crippen LogP contribution in [0.5, 0.6) is 0 Å². The first-order valence-corrected chi connectivity index (χ1v) is 11.8. The summed E-state index contributed by atoms with van der Waals surface area (Å²) in [6, 6.07) is 7.81. The summed E-state index contributed by atoms with van der Waals surface area (Å²) in [6.07, 6.45) is -10.5. The fraction of sp³-hybridized carbons (Fsp3) is 0.360. The Bertz CT molecular complexity index is 1210. The van der Waals surface area contributed by atoms with E-state index in [1.807, 2.05) is 29.6 Å². The molecule has 0 saturated heterocycles. The number of benzene rings is 2. The summed E-state index contributed by atoms with van der Waals surface area (Å²) in [4.78, 5) is 27.1. The molecular weight excluding hydrogens is 542 g/mol. The largest absolute Gasteiger partial charge is 0.416 e. The highest BCUT2D eigenvalue weighted by Gasteiger charge is 2.37. The first-order chi connectivity index (χ1) is 16.7. The van der Waals surface area contributed by atoms with Gasteiger partial charge < -0.3 is 10.2 Å². The minimum Gasteiger partial charge on any atom is -0.345 e. The smallest absolute Gasteiger partial charge is 0.345 e. The number of thiophene rings is 1. The Morgan fingerprint density at radius 2 is 1.57 bits per heavy atom. The van der Waals surface area contributed by atoms with Gasteiger partial charge in [-0.3, -0.25) is 9.59 Å². The number of aryl methyl sites for hydroxylation is 1. The van der Waals surface area contributed by atoms with Gasteiger partial charge in [0.1, 0.15) is 0 Å². The Kier molecular flexibility index (Phi) is 10.2. The van der Waals surface area contributed by atoms with E-state index in [1.54, 1.807) is 19.0 Å². The number of likely N-dealkylation sites (N-methyl/N-ethyl adjacent to an activating group) is 1. The Balaban J connectivity index is 0.00000481. The lowest BCUT2D eigenvalue weighted by Gasteiger charge is -2.20. The van der Waals surface area contributed by atoms with Crippen LogP contribution < -0.4 is 5.32 Å². The van der Waals surface area contributed by atoms with Crippen molar-refractivity contribution in [2.45, 2.75) is 37.7 Å². The number of fused-ring (bicyclic) bond motifs is 1. The lowest BCUT2D eigenvalue weighted by Crippen LogP contribution is -2.45. The molecular formula is C25H25ClF6N2O2S. The zero-order valence-corrected chi connectivity index (χ0v) is 21.5. The molecule has 12 heteroatoms. The lowest BCUT2D eigenvalue weighted by molar-refractivity contribution is -0.143. The van der Waals surface area contributed by atoms with Gasteiger partial charge in [-0.15, -0.1) is 23.7 Å². The van der Waals surface area contributed by atoms with Crippen LogP contribution >= 0.6 is 23.7 Å². The third kappa shape index (κ3) is 8.44. The number of carbonyl (C=O) groups excluding carboxylic acids is 2. The van der Waals surface area contributed by atoms with E-state index in [4.69, 9.17) is 0 Å². The molecule has 4 nitrogen and oxygen atoms in total. The maximum Gasteiger partial charge on any atom is 0.416 e. The summed E-state index contributed by atoms with van der Waals surface area (Å²) in [7, 11) is 3.35. The van der Waals surface area contributed by atoms with Gasteiger partial charge in [-0.1, -0.05) is 18.2 Å². The molecule has 0 saturated carbocycles. The number of hydrogen-bond donors (Lipinski definition) is 1. The van der Waals surface area contributed by atoms with Crippen molar-refractivity contribution in [3.05, 3.63) is 70.1 Å². The molecule has 0 aliphatic rings. The Morgan fingerprint density at radius 3 is 2.14 bits per heavy atom. The number of Topliss-reactive ketones (excluding diaryl/α,β-unsaturated/α-hetero) is 1. The molecule has 0 bridgehead atoms. The standard InChI is InChI=1S/C25H24F6N2O2S.ClH/c1-33(2)13-23(35)32-20(11-16-14-36-22-6-4-3-5-19(16)22)21(34)8-7-15-9-17(24(26,27)28)12-18(10-15)25(29,30)31;/h3-6,9-10,12,14,20H,7-8,11,13H2,1-2H3,(H,32,35);1H. The number of nitrogens with zero attached hydrogens (tertiary/aromatic N) is 1. The van der Waals surface area contributed by atoms with Crippen molar-refractivity contribution < 1.29 is 35.9 Å². The molecule has 1 heterocycles. The Hall–Kier alpha value is -2.63. The molecule has 1 amide bonds. The maximum absolute atomic E-state index is 13.2. The van der Waals surface area contributed by atoms with Crippen LogP contribution in [0.3, 0.4) is 0 Å². The summed E-state index contributed by atoms with van der Waals surface area (Å²) >= 11 is 1.47. The maximum atomic E-state index is 13.2. The van der Waals surface area contributed by atoms with Crippen LogP contribution in [0.4, 0.5) is 26.3 Å². The van der Waals surface area contributed by atoms with E-state index in [-0.39, 0.29) is 49.8 Å². The zero-order chi connectivity index (χ0) is 26.7. The van der Waals surface area contributed by atoms with Gasteiger partial charge in [0.2, 0.25) is 5.91 Å². The van der Waals surface area contributed by atoms with Crippen molar-refractivity contribution in [1.82, 2.24) is 10.2 Å². The van der Waals surface area contributed by atoms with E-state index in [1.165, 1.54) is 11.3 Å². The molecule has 0 fully saturated rings. The van der Waals surface area contributed by atoms with E-state index in [0.29, 0.717) is 12.1 Å². The summed E-state index contributed by atoms with van der Waals surface area (Å²) < 4.78 is 80.0. The summed E-state index contributed by atoms with van der Waals surface area (Å²) in [6.45, 7) is 0.0106. The fourth-order valence-corrected chi connectivity index (χ4v) is 4.76. The fourth-order valence-electron chi connectivity index (χ4n) is 3.79. The normalized spacial score (nSPS) is 12.9. The molecule has 0 aliphatic carbocycles. The lowest BCUT2D eigenvalue weighted by atomic mass is 9.95. The van der Waals surface area contributed by atoms with Gasteiger partial charge in [0.05, 0.1) is 23.7 Å². The first-order valence-electron chi connectivity index (χ1n) is 10.9. The molecule has 1 N–H and O–H groups in total. The van der Waals surface area contributed by atoms with Gasteiger partial charge in [0.15, 0.2) is 5.78 Å². The molecule has 3 rings (SSSR count). The summed E-state index contributed by atoms with van der Waals surface area (Å²) in [5, 5.41) is 5.45. The van der Waals surface area contributed by atoms with Crippen molar-refractivity contribution in [2.24, 2.45) is 0 Å². The van der Waals surface area contributed by atoms with E-state index in [2.05, 4.69) is 5.32 Å². The van der Waals surface area contributed by atoms with Crippen LogP contribution in [0.2, 0.25) is 0 Å². The van der Waals surface area contributed by atoms with Gasteiger partial charge in [-0.25, -0.2) is 0 Å². The van der Waals surface area contributed by atoms with Crippen LogP contribution in [0.15, 0.2) is 47.8 Å². The molecule has 1 atom stereocenters. The van der Waals surface area contributed by atoms with Crippen molar-refractivity contribution in [3.8, 4) is 0 Å². The van der Waals surface area contributed by atoms with E-state index < -0.39 is 41.2 Å². The topological polar surface area (TPSA) is 49.4 Å². The second kappa shape index (κ2) is 12.3. The van der Waals surface area contributed by atoms with Crippen molar-refractivity contribution >= 4 is 45.5 Å². The first kappa shape index (κ1) is 30.6. The minimum atomic E-state index is -4.97. The predicted molar refractivity (Wildman–Crippen MR) is 133 cm³/mol. The number of nitrogens with one attached hydrogen (secondary N) is 1. The Labute approximate surface area is 220 Å².